The van der Waals surface area contributed by atoms with Crippen molar-refractivity contribution in [1.29, 1.82) is 0 Å². The number of hydrogen-bond acceptors (Lipinski definition) is 1. The van der Waals surface area contributed by atoms with Crippen LogP contribution in [0.3, 0.4) is 0 Å². The van der Waals surface area contributed by atoms with Crippen LogP contribution >= 0.6 is 27.5 Å². The first-order valence-electron chi connectivity index (χ1n) is 7.35. The predicted octanol–water partition coefficient (Wildman–Crippen LogP) is 6.24. The Labute approximate surface area is 131 Å². The first-order chi connectivity index (χ1) is 9.13. The van der Waals surface area contributed by atoms with Gasteiger partial charge >= 0.3 is 0 Å². The van der Waals surface area contributed by atoms with E-state index >= 15 is 0 Å². The number of halogens is 2. The minimum absolute atomic E-state index is 0.102. The van der Waals surface area contributed by atoms with Gasteiger partial charge in [0.1, 0.15) is 0 Å². The van der Waals surface area contributed by atoms with Crippen LogP contribution in [-0.2, 0) is 0 Å². The van der Waals surface area contributed by atoms with E-state index in [4.69, 9.17) is 17.3 Å². The maximum atomic E-state index is 6.22. The van der Waals surface area contributed by atoms with Crippen molar-refractivity contribution in [3.63, 3.8) is 0 Å². The SMILES string of the molecule is CCCCCCCCCC(N)c1cc(Cl)cc(Br)c1. The molecule has 0 aliphatic heterocycles. The van der Waals surface area contributed by atoms with E-state index in [0.717, 1.165) is 21.5 Å². The van der Waals surface area contributed by atoms with Crippen molar-refractivity contribution < 1.29 is 0 Å². The zero-order valence-corrected chi connectivity index (χ0v) is 14.1. The smallest absolute Gasteiger partial charge is 0.0420 e. The van der Waals surface area contributed by atoms with E-state index < -0.39 is 0 Å². The van der Waals surface area contributed by atoms with E-state index in [0.29, 0.717) is 0 Å². The Morgan fingerprint density at radius 3 is 2.32 bits per heavy atom. The van der Waals surface area contributed by atoms with Crippen LogP contribution in [0.2, 0.25) is 5.02 Å². The molecule has 3 heteroatoms. The van der Waals surface area contributed by atoms with E-state index in [1.807, 2.05) is 12.1 Å². The van der Waals surface area contributed by atoms with Gasteiger partial charge in [-0.25, -0.2) is 0 Å². The summed E-state index contributed by atoms with van der Waals surface area (Å²) in [5.74, 6) is 0. The second kappa shape index (κ2) is 9.79. The van der Waals surface area contributed by atoms with Gasteiger partial charge in [-0.1, -0.05) is 79.4 Å². The lowest BCUT2D eigenvalue weighted by Gasteiger charge is -2.13. The van der Waals surface area contributed by atoms with Crippen molar-refractivity contribution in [1.82, 2.24) is 0 Å². The molecule has 0 bridgehead atoms. The topological polar surface area (TPSA) is 26.0 Å². The fraction of sp³-hybridized carbons (Fsp3) is 0.625. The molecule has 1 unspecified atom stereocenters. The molecule has 1 atom stereocenters. The van der Waals surface area contributed by atoms with Crippen molar-refractivity contribution in [2.45, 2.75) is 64.3 Å². The second-order valence-electron chi connectivity index (χ2n) is 5.22. The highest BCUT2D eigenvalue weighted by molar-refractivity contribution is 9.10. The minimum atomic E-state index is 0.102. The number of nitrogens with two attached hydrogens (primary N) is 1. The summed E-state index contributed by atoms with van der Waals surface area (Å²) < 4.78 is 1.00. The molecule has 108 valence electrons. The van der Waals surface area contributed by atoms with Gasteiger partial charge in [0.15, 0.2) is 0 Å². The normalized spacial score (nSPS) is 12.6. The number of benzene rings is 1. The van der Waals surface area contributed by atoms with Gasteiger partial charge in [-0.2, -0.15) is 0 Å². The van der Waals surface area contributed by atoms with Gasteiger partial charge in [0.2, 0.25) is 0 Å². The molecule has 0 aromatic heterocycles. The number of rotatable bonds is 9. The Morgan fingerprint density at radius 1 is 1.05 bits per heavy atom. The van der Waals surface area contributed by atoms with Crippen molar-refractivity contribution in [3.05, 3.63) is 33.3 Å². The van der Waals surface area contributed by atoms with Crippen molar-refractivity contribution in [2.75, 3.05) is 0 Å². The molecule has 0 spiro atoms. The van der Waals surface area contributed by atoms with Crippen LogP contribution < -0.4 is 5.73 Å². The Morgan fingerprint density at radius 2 is 1.68 bits per heavy atom. The van der Waals surface area contributed by atoms with Crippen LogP contribution in [0.5, 0.6) is 0 Å². The summed E-state index contributed by atoms with van der Waals surface area (Å²) in [7, 11) is 0. The Balaban J connectivity index is 2.22. The third-order valence-corrected chi connectivity index (χ3v) is 4.11. The van der Waals surface area contributed by atoms with Crippen molar-refractivity contribution >= 4 is 27.5 Å². The summed E-state index contributed by atoms with van der Waals surface area (Å²) in [5, 5.41) is 0.749. The van der Waals surface area contributed by atoms with Gasteiger partial charge in [0, 0.05) is 15.5 Å². The van der Waals surface area contributed by atoms with E-state index in [2.05, 4.69) is 28.9 Å². The second-order valence-corrected chi connectivity index (χ2v) is 6.57. The summed E-state index contributed by atoms with van der Waals surface area (Å²) >= 11 is 9.50. The van der Waals surface area contributed by atoms with E-state index in [1.165, 1.54) is 44.9 Å². The minimum Gasteiger partial charge on any atom is -0.324 e. The number of unbranched alkanes of at least 4 members (excludes halogenated alkanes) is 6. The van der Waals surface area contributed by atoms with Gasteiger partial charge in [-0.3, -0.25) is 0 Å². The molecular weight excluding hydrogens is 322 g/mol. The zero-order valence-electron chi connectivity index (χ0n) is 11.8. The summed E-state index contributed by atoms with van der Waals surface area (Å²) in [6.45, 7) is 2.25. The van der Waals surface area contributed by atoms with Crippen LogP contribution in [0.4, 0.5) is 0 Å². The Kier molecular flexibility index (Phi) is 8.76. The van der Waals surface area contributed by atoms with Gasteiger partial charge < -0.3 is 5.73 Å². The molecule has 1 rings (SSSR count). The van der Waals surface area contributed by atoms with Gasteiger partial charge in [-0.15, -0.1) is 0 Å². The average Bonchev–Trinajstić information content (AvgIpc) is 2.36. The Hall–Kier alpha value is -0.0500. The fourth-order valence-electron chi connectivity index (χ4n) is 2.28. The zero-order chi connectivity index (χ0) is 14.1. The molecule has 0 fully saturated rings. The molecular formula is C16H25BrClN. The summed E-state index contributed by atoms with van der Waals surface area (Å²) in [5.41, 5.74) is 7.35. The highest BCUT2D eigenvalue weighted by atomic mass is 79.9. The van der Waals surface area contributed by atoms with E-state index in [9.17, 15) is 0 Å². The molecule has 0 aliphatic carbocycles. The summed E-state index contributed by atoms with van der Waals surface area (Å²) in [4.78, 5) is 0. The molecule has 2 N–H and O–H groups in total. The van der Waals surface area contributed by atoms with Crippen molar-refractivity contribution in [3.8, 4) is 0 Å². The maximum Gasteiger partial charge on any atom is 0.0420 e. The molecule has 0 saturated carbocycles. The maximum absolute atomic E-state index is 6.22. The third kappa shape index (κ3) is 7.34. The van der Waals surface area contributed by atoms with Crippen LogP contribution in [0, 0.1) is 0 Å². The molecule has 19 heavy (non-hydrogen) atoms. The van der Waals surface area contributed by atoms with Crippen LogP contribution in [0.15, 0.2) is 22.7 Å². The van der Waals surface area contributed by atoms with Crippen LogP contribution in [-0.4, -0.2) is 0 Å². The molecule has 0 radical (unpaired) electrons. The molecule has 0 amide bonds. The first-order valence-corrected chi connectivity index (χ1v) is 8.52. The Bertz CT molecular complexity index is 348. The standard InChI is InChI=1S/C16H25BrClN/c1-2-3-4-5-6-7-8-9-16(19)13-10-14(17)12-15(18)11-13/h10-12,16H,2-9,19H2,1H3. The van der Waals surface area contributed by atoms with Crippen LogP contribution in [0.1, 0.15) is 69.9 Å². The lowest BCUT2D eigenvalue weighted by molar-refractivity contribution is 0.541. The first kappa shape index (κ1) is 17.0. The monoisotopic (exact) mass is 345 g/mol. The predicted molar refractivity (Wildman–Crippen MR) is 88.7 cm³/mol. The molecule has 1 aromatic carbocycles. The van der Waals surface area contributed by atoms with Crippen LogP contribution in [0.25, 0.3) is 0 Å². The van der Waals surface area contributed by atoms with E-state index in [-0.39, 0.29) is 6.04 Å². The molecule has 0 heterocycles. The number of hydrogen-bond donors (Lipinski definition) is 1. The third-order valence-electron chi connectivity index (χ3n) is 3.43. The molecule has 1 nitrogen and oxygen atoms in total. The lowest BCUT2D eigenvalue weighted by atomic mass is 10.0. The highest BCUT2D eigenvalue weighted by Gasteiger charge is 2.07. The van der Waals surface area contributed by atoms with E-state index in [1.54, 1.807) is 0 Å². The highest BCUT2D eigenvalue weighted by Crippen LogP contribution is 2.25. The molecule has 0 aliphatic rings. The molecule has 1 aromatic rings. The molecule has 0 saturated heterocycles. The quantitative estimate of drug-likeness (QED) is 0.526. The largest absolute Gasteiger partial charge is 0.324 e. The summed E-state index contributed by atoms with van der Waals surface area (Å²) in [6.07, 6.45) is 10.3. The van der Waals surface area contributed by atoms with Gasteiger partial charge in [0.25, 0.3) is 0 Å². The fourth-order valence-corrected chi connectivity index (χ4v) is 3.16. The average molecular weight is 347 g/mol. The van der Waals surface area contributed by atoms with Crippen molar-refractivity contribution in [2.24, 2.45) is 5.73 Å². The van der Waals surface area contributed by atoms with Gasteiger partial charge in [-0.05, 0) is 30.2 Å². The van der Waals surface area contributed by atoms with Gasteiger partial charge in [0.05, 0.1) is 0 Å². The summed E-state index contributed by atoms with van der Waals surface area (Å²) in [6, 6.07) is 6.03. The lowest BCUT2D eigenvalue weighted by Crippen LogP contribution is -2.10.